The molecule has 3 rings (SSSR count). The van der Waals surface area contributed by atoms with Crippen molar-refractivity contribution < 1.29 is 14.3 Å². The molecule has 7 heteroatoms. The minimum Gasteiger partial charge on any atom is -0.497 e. The molecule has 0 bridgehead atoms. The number of hydrogen-bond donors (Lipinski definition) is 1. The number of nitrogens with zero attached hydrogens (tertiary/aromatic N) is 3. The van der Waals surface area contributed by atoms with E-state index in [0.717, 1.165) is 41.4 Å². The molecule has 0 fully saturated rings. The lowest BCUT2D eigenvalue weighted by Gasteiger charge is -2.13. The highest BCUT2D eigenvalue weighted by Crippen LogP contribution is 2.18. The van der Waals surface area contributed by atoms with Gasteiger partial charge in [0.2, 0.25) is 5.91 Å². The first-order valence-corrected chi connectivity index (χ1v) is 10.7. The van der Waals surface area contributed by atoms with Crippen LogP contribution in [0.4, 0.5) is 0 Å². The topological polar surface area (TPSA) is 68.6 Å². The fourth-order valence-corrected chi connectivity index (χ4v) is 3.36. The molecule has 0 unspecified atom stereocenters. The minimum absolute atomic E-state index is 0.0364. The Labute approximate surface area is 184 Å². The molecule has 1 heterocycles. The number of carbonyl (C=O) groups is 1. The summed E-state index contributed by atoms with van der Waals surface area (Å²) in [5.41, 5.74) is 2.14. The summed E-state index contributed by atoms with van der Waals surface area (Å²) >= 11 is 0. The third-order valence-corrected chi connectivity index (χ3v) is 5.05. The highest BCUT2D eigenvalue weighted by molar-refractivity contribution is 5.76. The summed E-state index contributed by atoms with van der Waals surface area (Å²) in [7, 11) is 5.77. The van der Waals surface area contributed by atoms with E-state index in [-0.39, 0.29) is 5.91 Å². The molecule has 1 amide bonds. The van der Waals surface area contributed by atoms with Crippen molar-refractivity contribution in [3.8, 4) is 11.5 Å². The van der Waals surface area contributed by atoms with E-state index in [0.29, 0.717) is 32.4 Å². The SMILES string of the molecule is COc1ccc(OCCCC(=O)NCCc2nc3ccccc3n2CCN(C)C)cc1. The largest absolute Gasteiger partial charge is 0.497 e. The number of hydrogen-bond acceptors (Lipinski definition) is 5. The molecule has 7 nitrogen and oxygen atoms in total. The van der Waals surface area contributed by atoms with Crippen molar-refractivity contribution in [2.45, 2.75) is 25.8 Å². The molecule has 1 N–H and O–H groups in total. The quantitative estimate of drug-likeness (QED) is 0.453. The molecular formula is C24H32N4O3. The smallest absolute Gasteiger partial charge is 0.220 e. The van der Waals surface area contributed by atoms with Gasteiger partial charge in [0.1, 0.15) is 17.3 Å². The van der Waals surface area contributed by atoms with E-state index in [1.165, 1.54) is 0 Å². The van der Waals surface area contributed by atoms with Gasteiger partial charge in [0.05, 0.1) is 24.8 Å². The number of para-hydroxylation sites is 2. The second-order valence-corrected chi connectivity index (χ2v) is 7.70. The number of ether oxygens (including phenoxy) is 2. The monoisotopic (exact) mass is 424 g/mol. The summed E-state index contributed by atoms with van der Waals surface area (Å²) in [6.07, 6.45) is 1.81. The number of carbonyl (C=O) groups excluding carboxylic acids is 1. The number of amides is 1. The maximum atomic E-state index is 12.2. The molecular weight excluding hydrogens is 392 g/mol. The van der Waals surface area contributed by atoms with Crippen LogP contribution in [-0.2, 0) is 17.8 Å². The van der Waals surface area contributed by atoms with Crippen LogP contribution in [0.2, 0.25) is 0 Å². The van der Waals surface area contributed by atoms with Gasteiger partial charge in [-0.2, -0.15) is 0 Å². The number of benzene rings is 2. The Kier molecular flexibility index (Phi) is 8.29. The number of aromatic nitrogens is 2. The van der Waals surface area contributed by atoms with Crippen LogP contribution in [0.15, 0.2) is 48.5 Å². The van der Waals surface area contributed by atoms with E-state index in [1.807, 2.05) is 42.5 Å². The van der Waals surface area contributed by atoms with Crippen LogP contribution < -0.4 is 14.8 Å². The maximum Gasteiger partial charge on any atom is 0.220 e. The lowest BCUT2D eigenvalue weighted by Crippen LogP contribution is -2.27. The zero-order valence-corrected chi connectivity index (χ0v) is 18.6. The summed E-state index contributed by atoms with van der Waals surface area (Å²) in [6.45, 7) is 2.89. The van der Waals surface area contributed by atoms with Crippen molar-refractivity contribution in [2.75, 3.05) is 40.9 Å². The van der Waals surface area contributed by atoms with E-state index in [9.17, 15) is 4.79 Å². The van der Waals surface area contributed by atoms with Crippen molar-refractivity contribution in [3.63, 3.8) is 0 Å². The van der Waals surface area contributed by atoms with E-state index in [2.05, 4.69) is 34.9 Å². The first-order valence-electron chi connectivity index (χ1n) is 10.7. The molecule has 3 aromatic rings. The van der Waals surface area contributed by atoms with E-state index in [1.54, 1.807) is 7.11 Å². The van der Waals surface area contributed by atoms with Crippen molar-refractivity contribution in [1.29, 1.82) is 0 Å². The van der Waals surface area contributed by atoms with Gasteiger partial charge in [0, 0.05) is 32.5 Å². The minimum atomic E-state index is 0.0364. The Morgan fingerprint density at radius 3 is 2.58 bits per heavy atom. The Hall–Kier alpha value is -3.06. The number of rotatable bonds is 12. The van der Waals surface area contributed by atoms with Gasteiger partial charge in [-0.15, -0.1) is 0 Å². The van der Waals surface area contributed by atoms with Gasteiger partial charge in [0.15, 0.2) is 0 Å². The van der Waals surface area contributed by atoms with Gasteiger partial charge in [-0.05, 0) is 56.9 Å². The average molecular weight is 425 g/mol. The molecule has 0 aliphatic rings. The van der Waals surface area contributed by atoms with E-state index < -0.39 is 0 Å². The molecule has 0 aliphatic carbocycles. The van der Waals surface area contributed by atoms with Gasteiger partial charge < -0.3 is 24.3 Å². The molecule has 31 heavy (non-hydrogen) atoms. The molecule has 0 spiro atoms. The molecule has 1 aromatic heterocycles. The van der Waals surface area contributed by atoms with E-state index in [4.69, 9.17) is 14.5 Å². The second-order valence-electron chi connectivity index (χ2n) is 7.70. The zero-order chi connectivity index (χ0) is 22.1. The summed E-state index contributed by atoms with van der Waals surface area (Å²) in [5.74, 6) is 2.61. The third-order valence-electron chi connectivity index (χ3n) is 5.05. The number of methoxy groups -OCH3 is 1. The molecule has 166 valence electrons. The highest BCUT2D eigenvalue weighted by Gasteiger charge is 2.11. The first kappa shape index (κ1) is 22.6. The Bertz CT molecular complexity index is 967. The first-order chi connectivity index (χ1) is 15.1. The number of fused-ring (bicyclic) bond motifs is 1. The Morgan fingerprint density at radius 1 is 1.10 bits per heavy atom. The Morgan fingerprint density at radius 2 is 1.84 bits per heavy atom. The number of likely N-dealkylation sites (N-methyl/N-ethyl adjacent to an activating group) is 1. The van der Waals surface area contributed by atoms with Crippen molar-refractivity contribution in [3.05, 3.63) is 54.4 Å². The molecule has 0 aliphatic heterocycles. The van der Waals surface area contributed by atoms with Crippen molar-refractivity contribution in [1.82, 2.24) is 19.8 Å². The fraction of sp³-hybridized carbons (Fsp3) is 0.417. The van der Waals surface area contributed by atoms with Gasteiger partial charge in [-0.3, -0.25) is 4.79 Å². The summed E-state index contributed by atoms with van der Waals surface area (Å²) in [5, 5.41) is 3.01. The average Bonchev–Trinajstić information content (AvgIpc) is 3.13. The van der Waals surface area contributed by atoms with Crippen LogP contribution in [0.5, 0.6) is 11.5 Å². The number of nitrogens with one attached hydrogen (secondary N) is 1. The van der Waals surface area contributed by atoms with Gasteiger partial charge in [-0.25, -0.2) is 4.98 Å². The van der Waals surface area contributed by atoms with E-state index >= 15 is 0 Å². The third kappa shape index (κ3) is 6.72. The second kappa shape index (κ2) is 11.4. The highest BCUT2D eigenvalue weighted by atomic mass is 16.5. The standard InChI is InChI=1S/C24H32N4O3/c1-27(2)16-17-28-22-8-5-4-7-21(22)26-23(28)14-15-25-24(29)9-6-18-31-20-12-10-19(30-3)11-13-20/h4-5,7-8,10-13H,6,9,14-18H2,1-3H3,(H,25,29). The van der Waals surface area contributed by atoms with Gasteiger partial charge >= 0.3 is 0 Å². The van der Waals surface area contributed by atoms with Crippen LogP contribution in [0, 0.1) is 0 Å². The molecule has 0 atom stereocenters. The van der Waals surface area contributed by atoms with Gasteiger partial charge in [-0.1, -0.05) is 12.1 Å². The summed E-state index contributed by atoms with van der Waals surface area (Å²) < 4.78 is 13.1. The van der Waals surface area contributed by atoms with Crippen LogP contribution in [0.25, 0.3) is 11.0 Å². The molecule has 0 saturated heterocycles. The lowest BCUT2D eigenvalue weighted by molar-refractivity contribution is -0.121. The maximum absolute atomic E-state index is 12.2. The predicted octanol–water partition coefficient (Wildman–Crippen LogP) is 3.12. The number of imidazole rings is 1. The molecule has 0 radical (unpaired) electrons. The van der Waals surface area contributed by atoms with Crippen LogP contribution >= 0.6 is 0 Å². The van der Waals surface area contributed by atoms with Gasteiger partial charge in [0.25, 0.3) is 0 Å². The summed E-state index contributed by atoms with van der Waals surface area (Å²) in [6, 6.07) is 15.6. The lowest BCUT2D eigenvalue weighted by atomic mass is 10.3. The summed E-state index contributed by atoms with van der Waals surface area (Å²) in [4.78, 5) is 19.1. The predicted molar refractivity (Wildman–Crippen MR) is 123 cm³/mol. The molecule has 2 aromatic carbocycles. The normalized spacial score (nSPS) is 11.1. The van der Waals surface area contributed by atoms with Crippen LogP contribution in [0.3, 0.4) is 0 Å². The van der Waals surface area contributed by atoms with Crippen molar-refractivity contribution in [2.24, 2.45) is 0 Å². The van der Waals surface area contributed by atoms with Crippen LogP contribution in [0.1, 0.15) is 18.7 Å². The fourth-order valence-electron chi connectivity index (χ4n) is 3.36. The van der Waals surface area contributed by atoms with Crippen molar-refractivity contribution >= 4 is 16.9 Å². The Balaban J connectivity index is 1.42. The van der Waals surface area contributed by atoms with Crippen LogP contribution in [-0.4, -0.2) is 61.3 Å². The zero-order valence-electron chi connectivity index (χ0n) is 18.6. The molecule has 0 saturated carbocycles.